The van der Waals surface area contributed by atoms with Crippen molar-refractivity contribution in [2.24, 2.45) is 0 Å². The summed E-state index contributed by atoms with van der Waals surface area (Å²) in [5.41, 5.74) is 4.74. The molecular weight excluding hydrogens is 757 g/mol. The third-order valence-electron chi connectivity index (χ3n) is 10.2. The van der Waals surface area contributed by atoms with Gasteiger partial charge in [-0.3, -0.25) is 9.59 Å². The Morgan fingerprint density at radius 3 is 1.59 bits per heavy atom. The SMILES string of the molecule is CC(c1cnnn1C1CC(NC(=O)c2cc(-c3ccccc3)no2)C1)S(C)(=O)=O.CSC(C)c1cnnn1C1CC(NC(=O)c2cc(-c3ccccc3)no2)C1. The van der Waals surface area contributed by atoms with Gasteiger partial charge in [0.25, 0.3) is 11.8 Å². The normalized spacial score (nSPS) is 20.1. The molecule has 4 heterocycles. The minimum atomic E-state index is -3.25. The molecule has 2 aliphatic carbocycles. The summed E-state index contributed by atoms with van der Waals surface area (Å²) >= 11 is 1.77. The van der Waals surface area contributed by atoms with Gasteiger partial charge in [-0.15, -0.1) is 10.2 Å². The summed E-state index contributed by atoms with van der Waals surface area (Å²) in [4.78, 5) is 24.9. The van der Waals surface area contributed by atoms with Crippen LogP contribution in [0.5, 0.6) is 0 Å². The first kappa shape index (κ1) is 38.6. The van der Waals surface area contributed by atoms with E-state index >= 15 is 0 Å². The van der Waals surface area contributed by atoms with Gasteiger partial charge in [-0.25, -0.2) is 17.8 Å². The van der Waals surface area contributed by atoms with Crippen molar-refractivity contribution in [1.29, 1.82) is 0 Å². The number of thioether (sulfide) groups is 1. The van der Waals surface area contributed by atoms with E-state index in [0.717, 1.165) is 29.7 Å². The van der Waals surface area contributed by atoms with E-state index < -0.39 is 15.1 Å². The molecule has 2 saturated carbocycles. The van der Waals surface area contributed by atoms with Crippen LogP contribution in [0, 0.1) is 0 Å². The first-order chi connectivity index (χ1) is 27.0. The highest BCUT2D eigenvalue weighted by molar-refractivity contribution is 7.98. The molecule has 2 amide bonds. The summed E-state index contributed by atoms with van der Waals surface area (Å²) in [5.74, 6) is -0.176. The van der Waals surface area contributed by atoms with Gasteiger partial charge in [0.05, 0.1) is 35.9 Å². The maximum absolute atomic E-state index is 12.4. The smallest absolute Gasteiger partial charge is 0.290 e. The Balaban J connectivity index is 0.000000172. The van der Waals surface area contributed by atoms with E-state index in [2.05, 4.69) is 54.8 Å². The number of benzene rings is 2. The molecule has 8 rings (SSSR count). The zero-order chi connectivity index (χ0) is 39.4. The van der Waals surface area contributed by atoms with Gasteiger partial charge in [0.1, 0.15) is 16.6 Å². The largest absolute Gasteiger partial charge is 0.350 e. The van der Waals surface area contributed by atoms with Gasteiger partial charge >= 0.3 is 0 Å². The van der Waals surface area contributed by atoms with Crippen molar-refractivity contribution < 1.29 is 27.1 Å². The average Bonchev–Trinajstić information content (AvgIpc) is 4.01. The van der Waals surface area contributed by atoms with Gasteiger partial charge in [-0.2, -0.15) is 11.8 Å². The molecule has 2 N–H and O–H groups in total. The fraction of sp³-hybridized carbons (Fsp3) is 0.368. The van der Waals surface area contributed by atoms with Crippen LogP contribution in [0.3, 0.4) is 0 Å². The fourth-order valence-electron chi connectivity index (χ4n) is 6.57. The molecule has 0 radical (unpaired) electrons. The number of hydrogen-bond donors (Lipinski definition) is 2. The van der Waals surface area contributed by atoms with E-state index in [9.17, 15) is 18.0 Å². The molecule has 0 bridgehead atoms. The highest BCUT2D eigenvalue weighted by Crippen LogP contribution is 2.37. The first-order valence-electron chi connectivity index (χ1n) is 18.2. The molecule has 0 spiro atoms. The standard InChI is InChI=1S/C19H21N5O4S.C19H21N5O2S/c1-12(29(2,26)27)17-11-20-23-24(17)15-8-14(9-15)21-19(25)18-10-16(22-28-18)13-6-4-3-5-7-13;1-12(27-2)17-11-20-23-24(17)15-8-14(9-15)21-19(25)18-10-16(22-26-18)13-6-4-3-5-7-13/h3-7,10-12,14-15H,8-9H2,1-2H3,(H,21,25);3-7,10-12,14-15H,8-9H2,1-2H3,(H,21,25). The Labute approximate surface area is 327 Å². The Hall–Kier alpha value is -5.62. The van der Waals surface area contributed by atoms with E-state index in [0.29, 0.717) is 35.2 Å². The van der Waals surface area contributed by atoms with Crippen LogP contribution in [0.15, 0.2) is 94.2 Å². The van der Waals surface area contributed by atoms with Crippen molar-refractivity contribution >= 4 is 33.4 Å². The second kappa shape index (κ2) is 16.6. The van der Waals surface area contributed by atoms with E-state index in [-0.39, 0.29) is 47.5 Å². The summed E-state index contributed by atoms with van der Waals surface area (Å²) in [6.07, 6.45) is 9.53. The lowest BCUT2D eigenvalue weighted by molar-refractivity contribution is 0.0841. The Morgan fingerprint density at radius 1 is 0.732 bits per heavy atom. The number of carbonyl (C=O) groups excluding carboxylic acids is 2. The number of aromatic nitrogens is 8. The van der Waals surface area contributed by atoms with Crippen LogP contribution < -0.4 is 10.6 Å². The molecule has 2 atom stereocenters. The van der Waals surface area contributed by atoms with E-state index in [1.54, 1.807) is 35.5 Å². The number of hydrogen-bond acceptors (Lipinski definition) is 13. The van der Waals surface area contributed by atoms with Crippen molar-refractivity contribution in [3.63, 3.8) is 0 Å². The molecule has 56 heavy (non-hydrogen) atoms. The van der Waals surface area contributed by atoms with Crippen molar-refractivity contribution in [3.05, 3.63) is 108 Å². The molecule has 2 aliphatic rings. The summed E-state index contributed by atoms with van der Waals surface area (Å²) in [5, 5.41) is 29.7. The summed E-state index contributed by atoms with van der Waals surface area (Å²) < 4.78 is 37.7. The van der Waals surface area contributed by atoms with Crippen LogP contribution in [0.4, 0.5) is 0 Å². The van der Waals surface area contributed by atoms with Gasteiger partial charge in [-0.05, 0) is 45.8 Å². The Kier molecular flexibility index (Phi) is 11.5. The maximum atomic E-state index is 12.4. The number of nitrogens with zero attached hydrogens (tertiary/aromatic N) is 8. The van der Waals surface area contributed by atoms with Crippen molar-refractivity contribution in [2.45, 2.75) is 74.2 Å². The quantitative estimate of drug-likeness (QED) is 0.153. The molecular formula is C38H42N10O6S2. The van der Waals surface area contributed by atoms with Crippen molar-refractivity contribution in [3.8, 4) is 22.5 Å². The Morgan fingerprint density at radius 2 is 1.16 bits per heavy atom. The van der Waals surface area contributed by atoms with Crippen molar-refractivity contribution in [1.82, 2.24) is 50.9 Å². The summed E-state index contributed by atoms with van der Waals surface area (Å²) in [7, 11) is -3.25. The topological polar surface area (TPSA) is 206 Å². The predicted octanol–water partition coefficient (Wildman–Crippen LogP) is 5.66. The first-order valence-corrected chi connectivity index (χ1v) is 21.4. The second-order valence-electron chi connectivity index (χ2n) is 14.0. The number of rotatable bonds is 12. The Bertz CT molecular complexity index is 2360. The van der Waals surface area contributed by atoms with Crippen LogP contribution in [0.25, 0.3) is 22.5 Å². The van der Waals surface area contributed by atoms with Crippen LogP contribution in [0.2, 0.25) is 0 Å². The molecule has 292 valence electrons. The highest BCUT2D eigenvalue weighted by atomic mass is 32.2. The molecule has 18 heteroatoms. The lowest BCUT2D eigenvalue weighted by atomic mass is 9.86. The monoisotopic (exact) mass is 798 g/mol. The van der Waals surface area contributed by atoms with E-state index in [1.165, 1.54) is 12.5 Å². The minimum absolute atomic E-state index is 0.00314. The average molecular weight is 799 g/mol. The number of carbonyl (C=O) groups is 2. The molecule has 0 aliphatic heterocycles. The minimum Gasteiger partial charge on any atom is -0.350 e. The lowest BCUT2D eigenvalue weighted by Gasteiger charge is -2.36. The predicted molar refractivity (Wildman–Crippen MR) is 208 cm³/mol. The molecule has 4 aromatic heterocycles. The molecule has 0 saturated heterocycles. The maximum Gasteiger partial charge on any atom is 0.290 e. The lowest BCUT2D eigenvalue weighted by Crippen LogP contribution is -2.45. The van der Waals surface area contributed by atoms with Gasteiger partial charge in [-0.1, -0.05) is 81.4 Å². The van der Waals surface area contributed by atoms with Gasteiger partial charge in [0, 0.05) is 46.8 Å². The third-order valence-corrected chi connectivity index (χ3v) is 12.7. The third kappa shape index (κ3) is 8.60. The molecule has 2 aromatic carbocycles. The zero-order valence-corrected chi connectivity index (χ0v) is 32.9. The van der Waals surface area contributed by atoms with Gasteiger partial charge in [0.2, 0.25) is 11.5 Å². The van der Waals surface area contributed by atoms with Crippen LogP contribution >= 0.6 is 11.8 Å². The molecule has 2 unspecified atom stereocenters. The van der Waals surface area contributed by atoms with E-state index in [4.69, 9.17) is 9.05 Å². The molecule has 16 nitrogen and oxygen atoms in total. The van der Waals surface area contributed by atoms with Crippen LogP contribution in [-0.2, 0) is 9.84 Å². The van der Waals surface area contributed by atoms with Crippen LogP contribution in [-0.4, -0.2) is 85.1 Å². The summed E-state index contributed by atoms with van der Waals surface area (Å²) in [6, 6.07) is 22.7. The molecule has 2 fully saturated rings. The zero-order valence-electron chi connectivity index (χ0n) is 31.2. The molecule has 6 aromatic rings. The van der Waals surface area contributed by atoms with Gasteiger partial charge < -0.3 is 19.7 Å². The number of sulfone groups is 1. The second-order valence-corrected chi connectivity index (χ2v) is 17.6. The van der Waals surface area contributed by atoms with E-state index in [1.807, 2.05) is 71.5 Å². The van der Waals surface area contributed by atoms with Crippen LogP contribution in [0.1, 0.15) is 94.6 Å². The fourth-order valence-corrected chi connectivity index (χ4v) is 7.59. The highest BCUT2D eigenvalue weighted by Gasteiger charge is 2.37. The van der Waals surface area contributed by atoms with Gasteiger partial charge in [0.15, 0.2) is 9.84 Å². The summed E-state index contributed by atoms with van der Waals surface area (Å²) in [6.45, 7) is 3.77. The van der Waals surface area contributed by atoms with Crippen molar-refractivity contribution in [2.75, 3.05) is 12.5 Å². The number of amides is 2. The number of nitrogens with one attached hydrogen (secondary N) is 2.